The number of hydrogen-bond acceptors (Lipinski definition) is 3. The average molecular weight is 389 g/mol. The normalized spacial score (nSPS) is 11.6. The van der Waals surface area contributed by atoms with Crippen LogP contribution in [0.5, 0.6) is 0 Å². The zero-order chi connectivity index (χ0) is 20.3. The SMILES string of the molecule is Cc1ccc(-c2cc(-c3c(F)cccc3F)n3c(n2)nc2cc(C)c(C)cc23)o1. The number of hydrogen-bond donors (Lipinski definition) is 0. The van der Waals surface area contributed by atoms with E-state index in [9.17, 15) is 8.78 Å². The van der Waals surface area contributed by atoms with Gasteiger partial charge in [0.15, 0.2) is 5.76 Å². The van der Waals surface area contributed by atoms with Crippen molar-refractivity contribution in [3.05, 3.63) is 77.1 Å². The van der Waals surface area contributed by atoms with E-state index in [4.69, 9.17) is 4.42 Å². The summed E-state index contributed by atoms with van der Waals surface area (Å²) in [6, 6.07) is 13.0. The van der Waals surface area contributed by atoms with Crippen molar-refractivity contribution in [3.8, 4) is 22.7 Å². The van der Waals surface area contributed by atoms with Crippen LogP contribution in [0.2, 0.25) is 0 Å². The molecule has 0 N–H and O–H groups in total. The van der Waals surface area contributed by atoms with Crippen molar-refractivity contribution in [2.24, 2.45) is 0 Å². The summed E-state index contributed by atoms with van der Waals surface area (Å²) in [6.07, 6.45) is 0. The number of rotatable bonds is 2. The molecule has 0 aliphatic carbocycles. The standard InChI is InChI=1S/C23H17F2N3O/c1-12-9-17-19(10-13(12)2)28-20(22-15(24)5-4-6-16(22)25)11-18(27-23(28)26-17)21-8-7-14(3)29-21/h4-11H,1-3H3. The molecule has 0 atom stereocenters. The van der Waals surface area contributed by atoms with E-state index < -0.39 is 11.6 Å². The van der Waals surface area contributed by atoms with Crippen LogP contribution in [-0.2, 0) is 0 Å². The van der Waals surface area contributed by atoms with Gasteiger partial charge < -0.3 is 4.42 Å². The maximum Gasteiger partial charge on any atom is 0.236 e. The van der Waals surface area contributed by atoms with Crippen molar-refractivity contribution in [1.29, 1.82) is 0 Å². The molecular weight excluding hydrogens is 372 g/mol. The summed E-state index contributed by atoms with van der Waals surface area (Å²) in [4.78, 5) is 9.23. The summed E-state index contributed by atoms with van der Waals surface area (Å²) in [7, 11) is 0. The predicted octanol–water partition coefficient (Wildman–Crippen LogP) is 6.01. The van der Waals surface area contributed by atoms with Crippen LogP contribution in [0.3, 0.4) is 0 Å². The van der Waals surface area contributed by atoms with Crippen LogP contribution in [-0.4, -0.2) is 14.4 Å². The summed E-state index contributed by atoms with van der Waals surface area (Å²) in [6.45, 7) is 5.82. The van der Waals surface area contributed by atoms with Crippen LogP contribution in [0, 0.1) is 32.4 Å². The Morgan fingerprint density at radius 3 is 2.28 bits per heavy atom. The minimum absolute atomic E-state index is 0.123. The molecule has 0 unspecified atom stereocenters. The van der Waals surface area contributed by atoms with E-state index >= 15 is 0 Å². The minimum atomic E-state index is -0.648. The molecule has 5 aromatic rings. The van der Waals surface area contributed by atoms with Gasteiger partial charge in [-0.1, -0.05) is 6.07 Å². The molecule has 29 heavy (non-hydrogen) atoms. The van der Waals surface area contributed by atoms with E-state index in [-0.39, 0.29) is 5.56 Å². The molecule has 0 saturated heterocycles. The van der Waals surface area contributed by atoms with Gasteiger partial charge in [0.1, 0.15) is 23.1 Å². The fraction of sp³-hybridized carbons (Fsp3) is 0.130. The van der Waals surface area contributed by atoms with Crippen LogP contribution < -0.4 is 0 Å². The smallest absolute Gasteiger partial charge is 0.236 e. The molecule has 5 rings (SSSR count). The maximum atomic E-state index is 14.7. The molecule has 0 saturated carbocycles. The number of imidazole rings is 1. The number of furan rings is 1. The number of aryl methyl sites for hydroxylation is 3. The highest BCUT2D eigenvalue weighted by Crippen LogP contribution is 2.33. The van der Waals surface area contributed by atoms with Crippen molar-refractivity contribution >= 4 is 16.8 Å². The molecule has 0 aliphatic rings. The van der Waals surface area contributed by atoms with Gasteiger partial charge in [0.2, 0.25) is 5.78 Å². The molecule has 0 aliphatic heterocycles. The van der Waals surface area contributed by atoms with E-state index in [1.807, 2.05) is 39.0 Å². The highest BCUT2D eigenvalue weighted by molar-refractivity contribution is 5.85. The first-order valence-electron chi connectivity index (χ1n) is 9.24. The lowest BCUT2D eigenvalue weighted by atomic mass is 10.1. The highest BCUT2D eigenvalue weighted by Gasteiger charge is 2.20. The quantitative estimate of drug-likeness (QED) is 0.371. The lowest BCUT2D eigenvalue weighted by Crippen LogP contribution is -2.01. The van der Waals surface area contributed by atoms with E-state index in [1.165, 1.54) is 18.2 Å². The van der Waals surface area contributed by atoms with Gasteiger partial charge in [-0.2, -0.15) is 0 Å². The molecule has 4 nitrogen and oxygen atoms in total. The Hall–Kier alpha value is -3.54. The second kappa shape index (κ2) is 6.24. The van der Waals surface area contributed by atoms with Gasteiger partial charge >= 0.3 is 0 Å². The van der Waals surface area contributed by atoms with E-state index in [0.29, 0.717) is 28.4 Å². The predicted molar refractivity (Wildman–Crippen MR) is 108 cm³/mol. The van der Waals surface area contributed by atoms with E-state index in [2.05, 4.69) is 9.97 Å². The number of aromatic nitrogens is 3. The Labute approximate surface area is 165 Å². The van der Waals surface area contributed by atoms with Crippen LogP contribution in [0.25, 0.3) is 39.5 Å². The monoisotopic (exact) mass is 389 g/mol. The first-order valence-corrected chi connectivity index (χ1v) is 9.24. The maximum absolute atomic E-state index is 14.7. The zero-order valence-electron chi connectivity index (χ0n) is 16.1. The topological polar surface area (TPSA) is 43.3 Å². The number of fused-ring (bicyclic) bond motifs is 3. The third-order valence-electron chi connectivity index (χ3n) is 5.20. The molecule has 0 radical (unpaired) electrons. The van der Waals surface area contributed by atoms with Gasteiger partial charge in [0, 0.05) is 0 Å². The fourth-order valence-corrected chi connectivity index (χ4v) is 3.59. The van der Waals surface area contributed by atoms with Crippen LogP contribution in [0.15, 0.2) is 52.9 Å². The lowest BCUT2D eigenvalue weighted by molar-refractivity contribution is 0.546. The zero-order valence-corrected chi connectivity index (χ0v) is 16.1. The molecule has 3 heterocycles. The van der Waals surface area contributed by atoms with Crippen LogP contribution in [0.4, 0.5) is 8.78 Å². The summed E-state index contributed by atoms with van der Waals surface area (Å²) >= 11 is 0. The van der Waals surface area contributed by atoms with Gasteiger partial charge in [-0.3, -0.25) is 4.40 Å². The second-order valence-electron chi connectivity index (χ2n) is 7.21. The molecule has 2 aromatic carbocycles. The number of benzene rings is 2. The Bertz CT molecular complexity index is 1390. The van der Waals surface area contributed by atoms with Gasteiger partial charge in [-0.25, -0.2) is 18.7 Å². The van der Waals surface area contributed by atoms with Crippen molar-refractivity contribution in [3.63, 3.8) is 0 Å². The Kier molecular flexibility index (Phi) is 3.77. The van der Waals surface area contributed by atoms with Crippen LogP contribution in [0.1, 0.15) is 16.9 Å². The Morgan fingerprint density at radius 1 is 0.862 bits per heavy atom. The molecule has 6 heteroatoms. The molecular formula is C23H17F2N3O. The van der Waals surface area contributed by atoms with Crippen molar-refractivity contribution in [2.75, 3.05) is 0 Å². The first-order chi connectivity index (χ1) is 13.9. The molecule has 0 amide bonds. The second-order valence-corrected chi connectivity index (χ2v) is 7.21. The average Bonchev–Trinajstić information content (AvgIpc) is 3.25. The third kappa shape index (κ3) is 2.71. The molecule has 0 bridgehead atoms. The van der Waals surface area contributed by atoms with Gasteiger partial charge in [-0.15, -0.1) is 0 Å². The van der Waals surface area contributed by atoms with Gasteiger partial charge in [-0.05, 0) is 74.4 Å². The molecule has 144 valence electrons. The Morgan fingerprint density at radius 2 is 1.59 bits per heavy atom. The summed E-state index contributed by atoms with van der Waals surface area (Å²) in [5, 5.41) is 0. The minimum Gasteiger partial charge on any atom is -0.460 e. The highest BCUT2D eigenvalue weighted by atomic mass is 19.1. The Balaban J connectivity index is 1.95. The summed E-state index contributed by atoms with van der Waals surface area (Å²) < 4.78 is 36.9. The first kappa shape index (κ1) is 17.6. The molecule has 0 spiro atoms. The lowest BCUT2D eigenvalue weighted by Gasteiger charge is -2.11. The molecule has 0 fully saturated rings. The van der Waals surface area contributed by atoms with Gasteiger partial charge in [0.05, 0.1) is 22.3 Å². The van der Waals surface area contributed by atoms with Crippen molar-refractivity contribution in [2.45, 2.75) is 20.8 Å². The number of nitrogens with zero attached hydrogens (tertiary/aromatic N) is 3. The summed E-state index contributed by atoms with van der Waals surface area (Å²) in [5.74, 6) is 0.297. The fourth-order valence-electron chi connectivity index (χ4n) is 3.59. The van der Waals surface area contributed by atoms with Crippen molar-refractivity contribution in [1.82, 2.24) is 14.4 Å². The van der Waals surface area contributed by atoms with E-state index in [0.717, 1.165) is 22.4 Å². The largest absolute Gasteiger partial charge is 0.460 e. The van der Waals surface area contributed by atoms with E-state index in [1.54, 1.807) is 16.5 Å². The third-order valence-corrected chi connectivity index (χ3v) is 5.20. The number of halogens is 2. The van der Waals surface area contributed by atoms with Crippen molar-refractivity contribution < 1.29 is 13.2 Å². The molecule has 3 aromatic heterocycles. The van der Waals surface area contributed by atoms with Crippen LogP contribution >= 0.6 is 0 Å². The van der Waals surface area contributed by atoms with Gasteiger partial charge in [0.25, 0.3) is 0 Å². The summed E-state index contributed by atoms with van der Waals surface area (Å²) in [5.41, 5.74) is 4.28.